The Hall–Kier alpha value is -4.32. The summed E-state index contributed by atoms with van der Waals surface area (Å²) in [7, 11) is -0.265. The Bertz CT molecular complexity index is 1770. The van der Waals surface area contributed by atoms with Crippen molar-refractivity contribution in [3.63, 3.8) is 0 Å². The molecule has 0 spiro atoms. The molecule has 0 heterocycles. The number of anilines is 1. The van der Waals surface area contributed by atoms with E-state index in [9.17, 15) is 22.4 Å². The molecule has 0 aromatic heterocycles. The lowest BCUT2D eigenvalue weighted by Gasteiger charge is -2.34. The summed E-state index contributed by atoms with van der Waals surface area (Å²) in [5.74, 6) is -1.39. The molecule has 0 unspecified atom stereocenters. The van der Waals surface area contributed by atoms with E-state index in [-0.39, 0.29) is 39.3 Å². The van der Waals surface area contributed by atoms with Crippen LogP contribution in [0.25, 0.3) is 0 Å². The lowest BCUT2D eigenvalue weighted by atomic mass is 10.0. The first-order chi connectivity index (χ1) is 22.0. The van der Waals surface area contributed by atoms with Gasteiger partial charge in [-0.15, -0.1) is 0 Å². The molecule has 4 rings (SSSR count). The van der Waals surface area contributed by atoms with Crippen LogP contribution in [0.1, 0.15) is 11.1 Å². The van der Waals surface area contributed by atoms with Crippen LogP contribution in [-0.4, -0.2) is 59.0 Å². The Morgan fingerprint density at radius 1 is 0.870 bits per heavy atom. The van der Waals surface area contributed by atoms with Gasteiger partial charge in [-0.1, -0.05) is 59.6 Å². The molecule has 4 aromatic rings. The Morgan fingerprint density at radius 3 is 2.09 bits per heavy atom. The molecule has 0 radical (unpaired) electrons. The number of ether oxygens (including phenoxy) is 2. The van der Waals surface area contributed by atoms with Gasteiger partial charge in [0.1, 0.15) is 18.4 Å². The second kappa shape index (κ2) is 15.3. The molecule has 1 N–H and O–H groups in total. The van der Waals surface area contributed by atoms with Gasteiger partial charge in [-0.3, -0.25) is 13.9 Å². The summed E-state index contributed by atoms with van der Waals surface area (Å²) in [4.78, 5) is 28.8. The van der Waals surface area contributed by atoms with E-state index in [2.05, 4.69) is 5.32 Å². The first-order valence-corrected chi connectivity index (χ1v) is 16.2. The minimum absolute atomic E-state index is 0.0137. The molecular weight excluding hydrogens is 656 g/mol. The molecule has 46 heavy (non-hydrogen) atoms. The maximum absolute atomic E-state index is 14.4. The van der Waals surface area contributed by atoms with Crippen molar-refractivity contribution in [3.05, 3.63) is 118 Å². The molecular formula is C33H32Cl2FN3O6S. The predicted octanol–water partition coefficient (Wildman–Crippen LogP) is 5.73. The van der Waals surface area contributed by atoms with Gasteiger partial charge in [-0.2, -0.15) is 0 Å². The summed E-state index contributed by atoms with van der Waals surface area (Å²) < 4.78 is 53.8. The van der Waals surface area contributed by atoms with Gasteiger partial charge in [0.15, 0.2) is 11.5 Å². The quantitative estimate of drug-likeness (QED) is 0.193. The average molecular weight is 689 g/mol. The Balaban J connectivity index is 1.84. The number of nitrogens with zero attached hydrogens (tertiary/aromatic N) is 2. The smallest absolute Gasteiger partial charge is 0.264 e. The number of carbonyl (C=O) groups excluding carboxylic acids is 2. The van der Waals surface area contributed by atoms with E-state index in [0.717, 1.165) is 22.0 Å². The van der Waals surface area contributed by atoms with E-state index in [1.165, 1.54) is 56.5 Å². The second-order valence-electron chi connectivity index (χ2n) is 10.0. The number of amides is 2. The number of benzene rings is 4. The van der Waals surface area contributed by atoms with E-state index in [1.54, 1.807) is 30.3 Å². The van der Waals surface area contributed by atoms with E-state index in [1.807, 2.05) is 18.2 Å². The molecule has 0 fully saturated rings. The highest BCUT2D eigenvalue weighted by Crippen LogP contribution is 2.33. The number of likely N-dealkylation sites (N-methyl/N-ethyl adjacent to an activating group) is 1. The minimum Gasteiger partial charge on any atom is -0.493 e. The highest BCUT2D eigenvalue weighted by molar-refractivity contribution is 7.92. The van der Waals surface area contributed by atoms with Gasteiger partial charge in [-0.05, 0) is 54.1 Å². The maximum Gasteiger partial charge on any atom is 0.264 e. The van der Waals surface area contributed by atoms with Crippen molar-refractivity contribution in [1.29, 1.82) is 0 Å². The standard InChI is InChI=1S/C33H32Cl2FN3O6S/c1-37-33(41)29(18-22-8-5-4-6-9-22)38(20-26-27(34)10-7-11-28(26)35)32(40)21-39(24-14-12-23(36)13-15-24)46(42,43)25-16-17-30(44-2)31(19-25)45-3/h4-17,19,29H,18,20-21H2,1-3H3,(H,37,41)/t29-/m1/s1. The van der Waals surface area contributed by atoms with Crippen LogP contribution < -0.4 is 19.1 Å². The molecule has 13 heteroatoms. The van der Waals surface area contributed by atoms with Crippen LogP contribution in [0.15, 0.2) is 95.9 Å². The van der Waals surface area contributed by atoms with Crippen molar-refractivity contribution in [2.24, 2.45) is 0 Å². The van der Waals surface area contributed by atoms with Gasteiger partial charge < -0.3 is 19.7 Å². The normalized spacial score (nSPS) is 11.8. The van der Waals surface area contributed by atoms with Crippen LogP contribution in [0.5, 0.6) is 11.5 Å². The minimum atomic E-state index is -4.48. The monoisotopic (exact) mass is 687 g/mol. The summed E-state index contributed by atoms with van der Waals surface area (Å²) >= 11 is 13.0. The first kappa shape index (κ1) is 34.6. The number of carbonyl (C=O) groups is 2. The summed E-state index contributed by atoms with van der Waals surface area (Å²) in [6.45, 7) is -0.970. The third-order valence-corrected chi connectivity index (χ3v) is 9.72. The molecule has 0 aliphatic carbocycles. The van der Waals surface area contributed by atoms with Crippen LogP contribution in [0, 0.1) is 5.82 Å². The zero-order valence-corrected chi connectivity index (χ0v) is 27.6. The van der Waals surface area contributed by atoms with E-state index in [0.29, 0.717) is 11.3 Å². The number of sulfonamides is 1. The fourth-order valence-electron chi connectivity index (χ4n) is 4.81. The van der Waals surface area contributed by atoms with Crippen LogP contribution in [0.4, 0.5) is 10.1 Å². The first-order valence-electron chi connectivity index (χ1n) is 14.0. The average Bonchev–Trinajstić information content (AvgIpc) is 3.06. The molecule has 0 saturated heterocycles. The molecule has 242 valence electrons. The van der Waals surface area contributed by atoms with Crippen molar-refractivity contribution in [1.82, 2.24) is 10.2 Å². The molecule has 0 aliphatic heterocycles. The van der Waals surface area contributed by atoms with Gasteiger partial charge in [0.25, 0.3) is 10.0 Å². The van der Waals surface area contributed by atoms with E-state index < -0.39 is 40.2 Å². The van der Waals surface area contributed by atoms with Crippen molar-refractivity contribution in [3.8, 4) is 11.5 Å². The SMILES string of the molecule is CNC(=O)[C@@H](Cc1ccccc1)N(Cc1c(Cl)cccc1Cl)C(=O)CN(c1ccc(F)cc1)S(=O)(=O)c1ccc(OC)c(OC)c1. The Labute approximate surface area is 277 Å². The Kier molecular flexibility index (Phi) is 11.5. The predicted molar refractivity (Wildman–Crippen MR) is 175 cm³/mol. The van der Waals surface area contributed by atoms with Crippen LogP contribution in [0.2, 0.25) is 10.0 Å². The van der Waals surface area contributed by atoms with Crippen molar-refractivity contribution in [2.45, 2.75) is 23.9 Å². The van der Waals surface area contributed by atoms with Gasteiger partial charge in [0.05, 0.1) is 24.8 Å². The molecule has 0 bridgehead atoms. The third kappa shape index (κ3) is 7.90. The summed E-state index contributed by atoms with van der Waals surface area (Å²) in [5, 5.41) is 3.13. The Morgan fingerprint density at radius 2 is 1.50 bits per heavy atom. The molecule has 2 amide bonds. The lowest BCUT2D eigenvalue weighted by molar-refractivity contribution is -0.139. The number of rotatable bonds is 13. The maximum atomic E-state index is 14.4. The topological polar surface area (TPSA) is 105 Å². The summed E-state index contributed by atoms with van der Waals surface area (Å²) in [6.07, 6.45) is 0.104. The number of nitrogens with one attached hydrogen (secondary N) is 1. The number of halogens is 3. The van der Waals surface area contributed by atoms with Crippen molar-refractivity contribution < 1.29 is 31.9 Å². The highest BCUT2D eigenvalue weighted by Gasteiger charge is 2.35. The van der Waals surface area contributed by atoms with Crippen LogP contribution in [0.3, 0.4) is 0 Å². The number of hydrogen-bond donors (Lipinski definition) is 1. The molecule has 0 aliphatic rings. The molecule has 0 saturated carbocycles. The van der Waals surface area contributed by atoms with Crippen molar-refractivity contribution in [2.75, 3.05) is 32.1 Å². The lowest BCUT2D eigenvalue weighted by Crippen LogP contribution is -2.53. The van der Waals surface area contributed by atoms with Gasteiger partial charge in [-0.25, -0.2) is 12.8 Å². The van der Waals surface area contributed by atoms with Crippen LogP contribution in [-0.2, 0) is 32.6 Å². The van der Waals surface area contributed by atoms with Gasteiger partial charge >= 0.3 is 0 Å². The summed E-state index contributed by atoms with van der Waals surface area (Å²) in [5.41, 5.74) is 1.14. The largest absolute Gasteiger partial charge is 0.493 e. The van der Waals surface area contributed by atoms with Gasteiger partial charge in [0, 0.05) is 41.7 Å². The fourth-order valence-corrected chi connectivity index (χ4v) is 6.76. The van der Waals surface area contributed by atoms with E-state index >= 15 is 0 Å². The molecule has 9 nitrogen and oxygen atoms in total. The highest BCUT2D eigenvalue weighted by atomic mass is 35.5. The van der Waals surface area contributed by atoms with Crippen LogP contribution >= 0.6 is 23.2 Å². The summed E-state index contributed by atoms with van der Waals surface area (Å²) in [6, 6.07) is 21.5. The van der Waals surface area contributed by atoms with Gasteiger partial charge in [0.2, 0.25) is 11.8 Å². The third-order valence-electron chi connectivity index (χ3n) is 7.24. The fraction of sp³-hybridized carbons (Fsp3) is 0.212. The molecule has 1 atom stereocenters. The van der Waals surface area contributed by atoms with E-state index in [4.69, 9.17) is 32.7 Å². The number of methoxy groups -OCH3 is 2. The second-order valence-corrected chi connectivity index (χ2v) is 12.7. The van der Waals surface area contributed by atoms with Crippen molar-refractivity contribution >= 4 is 50.7 Å². The number of hydrogen-bond acceptors (Lipinski definition) is 6. The zero-order chi connectivity index (χ0) is 33.4. The molecule has 4 aromatic carbocycles. The zero-order valence-electron chi connectivity index (χ0n) is 25.2.